The van der Waals surface area contributed by atoms with Gasteiger partial charge in [0.1, 0.15) is 0 Å². The van der Waals surface area contributed by atoms with Crippen molar-refractivity contribution in [2.45, 2.75) is 70.4 Å². The van der Waals surface area contributed by atoms with Crippen LogP contribution in [0.25, 0.3) is 0 Å². The summed E-state index contributed by atoms with van der Waals surface area (Å²) in [7, 11) is 0. The maximum Gasteiger partial charge on any atom is 0.188 e. The minimum absolute atomic E-state index is 0.560. The van der Waals surface area contributed by atoms with E-state index < -0.39 is 0 Å². The Bertz CT molecular complexity index is 278. The Morgan fingerprint density at radius 3 is 2.53 bits per heavy atom. The molecule has 0 radical (unpaired) electrons. The number of rotatable bonds is 5. The van der Waals surface area contributed by atoms with Crippen LogP contribution in [-0.2, 0) is 0 Å². The monoisotopic (exact) mass is 266 g/mol. The van der Waals surface area contributed by atoms with Crippen LogP contribution in [0.2, 0.25) is 0 Å². The standard InChI is InChI=1S/C15H30N4/c1-2-14(19-10-6-7-11-19)12-17-15(16)18-13-8-4-3-5-9-13/h13-14H,2-12H2,1H3,(H3,16,17,18). The molecule has 0 aromatic carbocycles. The smallest absolute Gasteiger partial charge is 0.188 e. The molecule has 0 bridgehead atoms. The van der Waals surface area contributed by atoms with E-state index >= 15 is 0 Å². The maximum absolute atomic E-state index is 6.03. The molecule has 0 amide bonds. The number of hydrogen-bond donors (Lipinski definition) is 2. The molecule has 4 heteroatoms. The molecule has 1 aliphatic carbocycles. The summed E-state index contributed by atoms with van der Waals surface area (Å²) in [6, 6.07) is 1.14. The van der Waals surface area contributed by atoms with Crippen molar-refractivity contribution in [2.75, 3.05) is 19.6 Å². The molecule has 1 heterocycles. The van der Waals surface area contributed by atoms with Crippen molar-refractivity contribution < 1.29 is 0 Å². The van der Waals surface area contributed by atoms with Crippen molar-refractivity contribution in [2.24, 2.45) is 10.7 Å². The van der Waals surface area contributed by atoms with E-state index in [0.717, 1.165) is 6.54 Å². The summed E-state index contributed by atoms with van der Waals surface area (Å²) < 4.78 is 0. The van der Waals surface area contributed by atoms with E-state index in [0.29, 0.717) is 18.0 Å². The predicted octanol–water partition coefficient (Wildman–Crippen LogP) is 2.10. The number of aliphatic imine (C=N–C) groups is 1. The fourth-order valence-corrected chi connectivity index (χ4v) is 3.31. The van der Waals surface area contributed by atoms with Crippen molar-refractivity contribution in [1.29, 1.82) is 0 Å². The van der Waals surface area contributed by atoms with Crippen molar-refractivity contribution >= 4 is 5.96 Å². The Balaban J connectivity index is 1.75. The highest BCUT2D eigenvalue weighted by atomic mass is 15.2. The zero-order chi connectivity index (χ0) is 13.5. The molecule has 2 rings (SSSR count). The largest absolute Gasteiger partial charge is 0.370 e. The van der Waals surface area contributed by atoms with Crippen LogP contribution in [0.15, 0.2) is 4.99 Å². The Morgan fingerprint density at radius 2 is 1.89 bits per heavy atom. The highest BCUT2D eigenvalue weighted by molar-refractivity contribution is 5.78. The summed E-state index contributed by atoms with van der Waals surface area (Å²) in [6.45, 7) is 5.58. The van der Waals surface area contributed by atoms with Crippen molar-refractivity contribution in [3.63, 3.8) is 0 Å². The normalized spacial score (nSPS) is 24.6. The van der Waals surface area contributed by atoms with Gasteiger partial charge in [-0.25, -0.2) is 0 Å². The Morgan fingerprint density at radius 1 is 1.21 bits per heavy atom. The number of guanidine groups is 1. The summed E-state index contributed by atoms with van der Waals surface area (Å²) in [5.41, 5.74) is 6.03. The van der Waals surface area contributed by atoms with E-state index in [1.165, 1.54) is 64.5 Å². The number of nitrogens with zero attached hydrogens (tertiary/aromatic N) is 2. The molecule has 2 fully saturated rings. The average Bonchev–Trinajstić information content (AvgIpc) is 2.95. The number of likely N-dealkylation sites (tertiary alicyclic amines) is 1. The Labute approximate surface area is 117 Å². The first-order valence-corrected chi connectivity index (χ1v) is 8.10. The number of hydrogen-bond acceptors (Lipinski definition) is 2. The van der Waals surface area contributed by atoms with Gasteiger partial charge >= 0.3 is 0 Å². The zero-order valence-electron chi connectivity index (χ0n) is 12.4. The van der Waals surface area contributed by atoms with Crippen molar-refractivity contribution in [3.8, 4) is 0 Å². The third-order valence-corrected chi connectivity index (χ3v) is 4.56. The highest BCUT2D eigenvalue weighted by Gasteiger charge is 2.20. The third kappa shape index (κ3) is 4.68. The van der Waals surface area contributed by atoms with Crippen molar-refractivity contribution in [3.05, 3.63) is 0 Å². The van der Waals surface area contributed by atoms with Gasteiger partial charge in [-0.3, -0.25) is 9.89 Å². The van der Waals surface area contributed by atoms with Gasteiger partial charge in [0.05, 0.1) is 6.54 Å². The fraction of sp³-hybridized carbons (Fsp3) is 0.933. The van der Waals surface area contributed by atoms with E-state index in [2.05, 4.69) is 22.1 Å². The molecule has 1 saturated carbocycles. The molecule has 2 aliphatic rings. The minimum Gasteiger partial charge on any atom is -0.370 e. The van der Waals surface area contributed by atoms with Crippen LogP contribution in [0, 0.1) is 0 Å². The van der Waals surface area contributed by atoms with Gasteiger partial charge < -0.3 is 11.1 Å². The minimum atomic E-state index is 0.560. The Kier molecular flexibility index (Phi) is 5.95. The molecular formula is C15H30N4. The molecule has 1 saturated heterocycles. The molecule has 1 atom stereocenters. The van der Waals surface area contributed by atoms with Crippen LogP contribution < -0.4 is 11.1 Å². The lowest BCUT2D eigenvalue weighted by molar-refractivity contribution is 0.242. The van der Waals surface area contributed by atoms with Crippen LogP contribution in [-0.4, -0.2) is 42.6 Å². The lowest BCUT2D eigenvalue weighted by Gasteiger charge is -2.26. The van der Waals surface area contributed by atoms with E-state index in [9.17, 15) is 0 Å². The third-order valence-electron chi connectivity index (χ3n) is 4.56. The van der Waals surface area contributed by atoms with Crippen LogP contribution in [0.3, 0.4) is 0 Å². The highest BCUT2D eigenvalue weighted by Crippen LogP contribution is 2.17. The predicted molar refractivity (Wildman–Crippen MR) is 81.4 cm³/mol. The average molecular weight is 266 g/mol. The van der Waals surface area contributed by atoms with Gasteiger partial charge in [0, 0.05) is 12.1 Å². The second kappa shape index (κ2) is 7.73. The first kappa shape index (κ1) is 14.6. The molecular weight excluding hydrogens is 236 g/mol. The van der Waals surface area contributed by atoms with Crippen LogP contribution in [0.4, 0.5) is 0 Å². The molecule has 0 aromatic rings. The summed E-state index contributed by atoms with van der Waals surface area (Å²) >= 11 is 0. The second-order valence-electron chi connectivity index (χ2n) is 6.01. The molecule has 3 N–H and O–H groups in total. The number of nitrogens with two attached hydrogens (primary N) is 1. The summed E-state index contributed by atoms with van der Waals surface area (Å²) in [4.78, 5) is 7.14. The van der Waals surface area contributed by atoms with Gasteiger partial charge in [0.2, 0.25) is 0 Å². The van der Waals surface area contributed by atoms with E-state index in [-0.39, 0.29) is 0 Å². The lowest BCUT2D eigenvalue weighted by Crippen LogP contribution is -2.42. The van der Waals surface area contributed by atoms with Gasteiger partial charge in [0.25, 0.3) is 0 Å². The quantitative estimate of drug-likeness (QED) is 0.592. The van der Waals surface area contributed by atoms with Crippen LogP contribution in [0.5, 0.6) is 0 Å². The molecule has 1 aliphatic heterocycles. The van der Waals surface area contributed by atoms with Crippen LogP contribution in [0.1, 0.15) is 58.3 Å². The van der Waals surface area contributed by atoms with E-state index in [4.69, 9.17) is 5.73 Å². The molecule has 0 aromatic heterocycles. The van der Waals surface area contributed by atoms with Gasteiger partial charge in [-0.15, -0.1) is 0 Å². The molecule has 19 heavy (non-hydrogen) atoms. The molecule has 110 valence electrons. The summed E-state index contributed by atoms with van der Waals surface area (Å²) in [5, 5.41) is 3.40. The van der Waals surface area contributed by atoms with Gasteiger partial charge in [0.15, 0.2) is 5.96 Å². The van der Waals surface area contributed by atoms with Gasteiger partial charge in [-0.2, -0.15) is 0 Å². The van der Waals surface area contributed by atoms with Gasteiger partial charge in [-0.05, 0) is 45.2 Å². The molecule has 1 unspecified atom stereocenters. The SMILES string of the molecule is CCC(CN=C(N)NC1CCCCC1)N1CCCC1. The topological polar surface area (TPSA) is 53.6 Å². The Hall–Kier alpha value is -0.770. The summed E-state index contributed by atoms with van der Waals surface area (Å²) in [5.74, 6) is 0.657. The van der Waals surface area contributed by atoms with Crippen molar-refractivity contribution in [1.82, 2.24) is 10.2 Å². The lowest BCUT2D eigenvalue weighted by atomic mass is 9.96. The van der Waals surface area contributed by atoms with E-state index in [1.807, 2.05) is 0 Å². The summed E-state index contributed by atoms with van der Waals surface area (Å²) in [6.07, 6.45) is 10.4. The maximum atomic E-state index is 6.03. The fourth-order valence-electron chi connectivity index (χ4n) is 3.31. The first-order valence-electron chi connectivity index (χ1n) is 8.10. The van der Waals surface area contributed by atoms with Crippen LogP contribution >= 0.6 is 0 Å². The molecule has 0 spiro atoms. The van der Waals surface area contributed by atoms with E-state index in [1.54, 1.807) is 0 Å². The second-order valence-corrected chi connectivity index (χ2v) is 6.01. The van der Waals surface area contributed by atoms with Gasteiger partial charge in [-0.1, -0.05) is 26.2 Å². The first-order chi connectivity index (χ1) is 9.29. The zero-order valence-corrected chi connectivity index (χ0v) is 12.4. The molecule has 4 nitrogen and oxygen atoms in total. The number of nitrogens with one attached hydrogen (secondary N) is 1.